The Labute approximate surface area is 120 Å². The summed E-state index contributed by atoms with van der Waals surface area (Å²) in [5.74, 6) is 0. The molecule has 0 amide bonds. The molecule has 19 heavy (non-hydrogen) atoms. The van der Waals surface area contributed by atoms with Crippen molar-refractivity contribution in [3.05, 3.63) is 59.1 Å². The quantitative estimate of drug-likeness (QED) is 0.879. The lowest BCUT2D eigenvalue weighted by Gasteiger charge is -2.20. The van der Waals surface area contributed by atoms with Crippen LogP contribution in [0.2, 0.25) is 5.02 Å². The van der Waals surface area contributed by atoms with Gasteiger partial charge in [0.2, 0.25) is 0 Å². The van der Waals surface area contributed by atoms with E-state index < -0.39 is 0 Å². The summed E-state index contributed by atoms with van der Waals surface area (Å²) in [6.45, 7) is 3.92. The minimum atomic E-state index is 0.761. The predicted molar refractivity (Wildman–Crippen MR) is 84.4 cm³/mol. The Morgan fingerprint density at radius 2 is 1.84 bits per heavy atom. The Balaban J connectivity index is 1.84. The fourth-order valence-electron chi connectivity index (χ4n) is 1.89. The number of nitrogens with one attached hydrogen (secondary N) is 1. The highest BCUT2D eigenvalue weighted by molar-refractivity contribution is 6.30. The van der Waals surface area contributed by atoms with Crippen molar-refractivity contribution >= 4 is 23.0 Å². The van der Waals surface area contributed by atoms with E-state index in [1.54, 1.807) is 0 Å². The number of anilines is 2. The third-order valence-electron chi connectivity index (χ3n) is 3.08. The number of likely N-dealkylation sites (N-methyl/N-ethyl adjacent to an activating group) is 1. The number of aryl methyl sites for hydroxylation is 1. The molecule has 1 N–H and O–H groups in total. The molecule has 2 nitrogen and oxygen atoms in total. The van der Waals surface area contributed by atoms with Crippen molar-refractivity contribution in [3.8, 4) is 0 Å². The van der Waals surface area contributed by atoms with Crippen molar-refractivity contribution in [3.63, 3.8) is 0 Å². The first kappa shape index (κ1) is 13.8. The monoisotopic (exact) mass is 274 g/mol. The summed E-state index contributed by atoms with van der Waals surface area (Å²) in [4.78, 5) is 2.23. The maximum atomic E-state index is 5.95. The van der Waals surface area contributed by atoms with Crippen molar-refractivity contribution in [2.45, 2.75) is 6.92 Å². The number of hydrogen-bond acceptors (Lipinski definition) is 2. The van der Waals surface area contributed by atoms with Crippen LogP contribution in [0.5, 0.6) is 0 Å². The van der Waals surface area contributed by atoms with Crippen LogP contribution in [0.4, 0.5) is 11.4 Å². The fraction of sp³-hybridized carbons (Fsp3) is 0.250. The first-order valence-electron chi connectivity index (χ1n) is 6.42. The van der Waals surface area contributed by atoms with E-state index in [4.69, 9.17) is 11.6 Å². The maximum absolute atomic E-state index is 5.95. The Hall–Kier alpha value is -1.67. The van der Waals surface area contributed by atoms with E-state index in [0.29, 0.717) is 0 Å². The Kier molecular flexibility index (Phi) is 4.69. The second-order valence-electron chi connectivity index (χ2n) is 4.69. The molecular formula is C16H19ClN2. The minimum absolute atomic E-state index is 0.761. The number of halogens is 1. The average Bonchev–Trinajstić information content (AvgIpc) is 2.39. The van der Waals surface area contributed by atoms with Crippen LogP contribution in [0.1, 0.15) is 5.56 Å². The van der Waals surface area contributed by atoms with Crippen LogP contribution >= 0.6 is 11.6 Å². The van der Waals surface area contributed by atoms with Crippen molar-refractivity contribution in [1.29, 1.82) is 0 Å². The van der Waals surface area contributed by atoms with E-state index >= 15 is 0 Å². The van der Waals surface area contributed by atoms with E-state index in [-0.39, 0.29) is 0 Å². The van der Waals surface area contributed by atoms with Gasteiger partial charge in [0.25, 0.3) is 0 Å². The molecule has 2 aromatic carbocycles. The Bertz CT molecular complexity index is 523. The molecule has 0 fully saturated rings. The van der Waals surface area contributed by atoms with Gasteiger partial charge in [0.05, 0.1) is 0 Å². The van der Waals surface area contributed by atoms with Gasteiger partial charge in [0.1, 0.15) is 0 Å². The zero-order valence-corrected chi connectivity index (χ0v) is 12.1. The van der Waals surface area contributed by atoms with Gasteiger partial charge < -0.3 is 10.2 Å². The Morgan fingerprint density at radius 3 is 2.53 bits per heavy atom. The van der Waals surface area contributed by atoms with Crippen LogP contribution < -0.4 is 10.2 Å². The first-order chi connectivity index (χ1) is 9.15. The molecule has 2 rings (SSSR count). The number of rotatable bonds is 5. The highest BCUT2D eigenvalue weighted by Crippen LogP contribution is 2.15. The minimum Gasteiger partial charge on any atom is -0.383 e. The predicted octanol–water partition coefficient (Wildman–Crippen LogP) is 4.20. The van der Waals surface area contributed by atoms with E-state index in [1.807, 2.05) is 24.3 Å². The van der Waals surface area contributed by atoms with E-state index in [1.165, 1.54) is 11.3 Å². The standard InChI is InChI=1S/C16H19ClN2/c1-13-6-8-16(9-7-13)19(2)11-10-18-15-5-3-4-14(17)12-15/h3-9,12,18H,10-11H2,1-2H3. The van der Waals surface area contributed by atoms with Crippen LogP contribution in [-0.2, 0) is 0 Å². The van der Waals surface area contributed by atoms with Gasteiger partial charge in [-0.3, -0.25) is 0 Å². The molecule has 0 aliphatic heterocycles. The third kappa shape index (κ3) is 4.18. The van der Waals surface area contributed by atoms with Crippen molar-refractivity contribution in [2.75, 3.05) is 30.4 Å². The zero-order chi connectivity index (χ0) is 13.7. The summed E-state index contributed by atoms with van der Waals surface area (Å²) >= 11 is 5.95. The fourth-order valence-corrected chi connectivity index (χ4v) is 2.09. The second kappa shape index (κ2) is 6.48. The molecule has 0 bridgehead atoms. The van der Waals surface area contributed by atoms with Gasteiger partial charge in [-0.1, -0.05) is 35.4 Å². The third-order valence-corrected chi connectivity index (χ3v) is 3.31. The molecule has 3 heteroatoms. The van der Waals surface area contributed by atoms with Crippen LogP contribution in [-0.4, -0.2) is 20.1 Å². The number of nitrogens with zero attached hydrogens (tertiary/aromatic N) is 1. The lowest BCUT2D eigenvalue weighted by atomic mass is 10.2. The van der Waals surface area contributed by atoms with Crippen LogP contribution in [0.15, 0.2) is 48.5 Å². The SMILES string of the molecule is Cc1ccc(N(C)CCNc2cccc(Cl)c2)cc1. The highest BCUT2D eigenvalue weighted by atomic mass is 35.5. The summed E-state index contributed by atoms with van der Waals surface area (Å²) in [5, 5.41) is 4.13. The van der Waals surface area contributed by atoms with E-state index in [9.17, 15) is 0 Å². The van der Waals surface area contributed by atoms with E-state index in [2.05, 4.69) is 48.5 Å². The molecule has 100 valence electrons. The molecule has 0 aliphatic carbocycles. The second-order valence-corrected chi connectivity index (χ2v) is 5.13. The van der Waals surface area contributed by atoms with Crippen LogP contribution in [0, 0.1) is 6.92 Å². The molecule has 0 unspecified atom stereocenters. The zero-order valence-electron chi connectivity index (χ0n) is 11.4. The van der Waals surface area contributed by atoms with Crippen molar-refractivity contribution in [2.24, 2.45) is 0 Å². The van der Waals surface area contributed by atoms with Gasteiger partial charge in [0, 0.05) is 36.5 Å². The van der Waals surface area contributed by atoms with Gasteiger partial charge in [-0.2, -0.15) is 0 Å². The molecular weight excluding hydrogens is 256 g/mol. The molecule has 0 heterocycles. The molecule has 0 saturated carbocycles. The van der Waals surface area contributed by atoms with Gasteiger partial charge in [-0.15, -0.1) is 0 Å². The normalized spacial score (nSPS) is 10.3. The molecule has 0 saturated heterocycles. The molecule has 0 radical (unpaired) electrons. The summed E-state index contributed by atoms with van der Waals surface area (Å²) in [5.41, 5.74) is 3.58. The summed E-state index contributed by atoms with van der Waals surface area (Å²) < 4.78 is 0. The molecule has 2 aromatic rings. The topological polar surface area (TPSA) is 15.3 Å². The molecule has 0 aliphatic rings. The summed E-state index contributed by atoms with van der Waals surface area (Å²) in [7, 11) is 2.10. The highest BCUT2D eigenvalue weighted by Gasteiger charge is 2.00. The lowest BCUT2D eigenvalue weighted by molar-refractivity contribution is 0.914. The van der Waals surface area contributed by atoms with Crippen molar-refractivity contribution in [1.82, 2.24) is 0 Å². The van der Waals surface area contributed by atoms with Gasteiger partial charge in [0.15, 0.2) is 0 Å². The summed E-state index contributed by atoms with van der Waals surface area (Å²) in [6, 6.07) is 16.4. The number of benzene rings is 2. The van der Waals surface area contributed by atoms with Gasteiger partial charge in [-0.05, 0) is 37.3 Å². The van der Waals surface area contributed by atoms with Gasteiger partial charge in [-0.25, -0.2) is 0 Å². The van der Waals surface area contributed by atoms with Crippen molar-refractivity contribution < 1.29 is 0 Å². The maximum Gasteiger partial charge on any atom is 0.0426 e. The summed E-state index contributed by atoms with van der Waals surface area (Å²) in [6.07, 6.45) is 0. The smallest absolute Gasteiger partial charge is 0.0426 e. The molecule has 0 aromatic heterocycles. The van der Waals surface area contributed by atoms with E-state index in [0.717, 1.165) is 23.8 Å². The Morgan fingerprint density at radius 1 is 1.11 bits per heavy atom. The average molecular weight is 275 g/mol. The number of hydrogen-bond donors (Lipinski definition) is 1. The van der Waals surface area contributed by atoms with Gasteiger partial charge >= 0.3 is 0 Å². The first-order valence-corrected chi connectivity index (χ1v) is 6.80. The molecule has 0 atom stereocenters. The lowest BCUT2D eigenvalue weighted by Crippen LogP contribution is -2.24. The molecule has 0 spiro atoms. The van der Waals surface area contributed by atoms with Crippen LogP contribution in [0.3, 0.4) is 0 Å². The largest absolute Gasteiger partial charge is 0.383 e. The van der Waals surface area contributed by atoms with Crippen LogP contribution in [0.25, 0.3) is 0 Å².